The van der Waals surface area contributed by atoms with Crippen molar-refractivity contribution >= 4 is 11.7 Å². The average Bonchev–Trinajstić information content (AvgIpc) is 2.45. The van der Waals surface area contributed by atoms with Gasteiger partial charge in [-0.15, -0.1) is 0 Å². The predicted octanol–water partition coefficient (Wildman–Crippen LogP) is 1.42. The molecule has 0 saturated carbocycles. The quantitative estimate of drug-likeness (QED) is 0.915. The van der Waals surface area contributed by atoms with Gasteiger partial charge in [-0.3, -0.25) is 9.59 Å². The van der Waals surface area contributed by atoms with Gasteiger partial charge in [-0.05, 0) is 40.0 Å². The van der Waals surface area contributed by atoms with Crippen LogP contribution in [0.2, 0.25) is 0 Å². The summed E-state index contributed by atoms with van der Waals surface area (Å²) < 4.78 is 1.62. The van der Waals surface area contributed by atoms with E-state index in [-0.39, 0.29) is 29.4 Å². The molecule has 1 aliphatic rings. The predicted molar refractivity (Wildman–Crippen MR) is 82.4 cm³/mol. The van der Waals surface area contributed by atoms with E-state index in [9.17, 15) is 9.59 Å². The van der Waals surface area contributed by atoms with Gasteiger partial charge in [0.15, 0.2) is 5.82 Å². The summed E-state index contributed by atoms with van der Waals surface area (Å²) in [5.41, 5.74) is -0.510. The van der Waals surface area contributed by atoms with Crippen molar-refractivity contribution in [1.82, 2.24) is 14.5 Å². The summed E-state index contributed by atoms with van der Waals surface area (Å²) >= 11 is 0. The lowest BCUT2D eigenvalue weighted by Gasteiger charge is -2.27. The topological polar surface area (TPSA) is 67.2 Å². The molecule has 2 rings (SSSR count). The number of hydrogen-bond donors (Lipinski definition) is 1. The molecule has 116 valence electrons. The van der Waals surface area contributed by atoms with Crippen LogP contribution in [0.25, 0.3) is 0 Å². The number of nitrogens with one attached hydrogen (secondary N) is 1. The zero-order chi connectivity index (χ0) is 15.5. The van der Waals surface area contributed by atoms with Crippen molar-refractivity contribution in [1.29, 1.82) is 0 Å². The van der Waals surface area contributed by atoms with Crippen LogP contribution < -0.4 is 10.9 Å². The monoisotopic (exact) mass is 292 g/mol. The highest BCUT2D eigenvalue weighted by atomic mass is 16.2. The Balaban J connectivity index is 2.03. The van der Waals surface area contributed by atoms with Gasteiger partial charge in [0.25, 0.3) is 5.56 Å². The number of piperidine rings is 1. The van der Waals surface area contributed by atoms with E-state index >= 15 is 0 Å². The van der Waals surface area contributed by atoms with Crippen LogP contribution in [0.5, 0.6) is 0 Å². The number of carbonyl (C=O) groups excluding carboxylic acids is 1. The number of aromatic nitrogens is 2. The molecule has 1 aliphatic heterocycles. The van der Waals surface area contributed by atoms with Crippen LogP contribution in [0.4, 0.5) is 5.82 Å². The van der Waals surface area contributed by atoms with Crippen LogP contribution >= 0.6 is 0 Å². The molecule has 0 aliphatic carbocycles. The second-order valence-corrected chi connectivity index (χ2v) is 6.42. The number of anilines is 1. The zero-order valence-corrected chi connectivity index (χ0v) is 13.1. The molecular weight excluding hydrogens is 268 g/mol. The first-order valence-corrected chi connectivity index (χ1v) is 7.49. The maximum absolute atomic E-state index is 12.3. The van der Waals surface area contributed by atoms with Gasteiger partial charge >= 0.3 is 0 Å². The first kappa shape index (κ1) is 15.5. The lowest BCUT2D eigenvalue weighted by atomic mass is 10.1. The Morgan fingerprint density at radius 1 is 1.29 bits per heavy atom. The van der Waals surface area contributed by atoms with Gasteiger partial charge in [0, 0.05) is 31.0 Å². The highest BCUT2D eigenvalue weighted by molar-refractivity contribution is 5.80. The average molecular weight is 292 g/mol. The van der Waals surface area contributed by atoms with E-state index in [1.54, 1.807) is 17.0 Å². The molecule has 1 saturated heterocycles. The normalized spacial score (nSPS) is 15.9. The van der Waals surface area contributed by atoms with Crippen LogP contribution in [0.3, 0.4) is 0 Å². The smallest absolute Gasteiger partial charge is 0.293 e. The largest absolute Gasteiger partial charge is 0.356 e. The lowest BCUT2D eigenvalue weighted by Crippen LogP contribution is -2.40. The van der Waals surface area contributed by atoms with Crippen molar-refractivity contribution in [3.05, 3.63) is 22.7 Å². The maximum atomic E-state index is 12.3. The number of rotatable bonds is 3. The second-order valence-electron chi connectivity index (χ2n) is 6.42. The second kappa shape index (κ2) is 6.28. The highest BCUT2D eigenvalue weighted by Crippen LogP contribution is 2.11. The number of amides is 1. The molecule has 21 heavy (non-hydrogen) atoms. The molecule has 0 aromatic carbocycles. The highest BCUT2D eigenvalue weighted by Gasteiger charge is 2.19. The summed E-state index contributed by atoms with van der Waals surface area (Å²) in [4.78, 5) is 30.3. The summed E-state index contributed by atoms with van der Waals surface area (Å²) in [6.07, 6.45) is 6.56. The standard InChI is InChI=1S/C15H24N4O2/c1-15(2,3)19-10-7-16-13(14(19)21)17-11-12(20)18-8-5-4-6-9-18/h7,10H,4-6,8-9,11H2,1-3H3,(H,16,17). The van der Waals surface area contributed by atoms with Gasteiger partial charge in [-0.25, -0.2) is 4.98 Å². The Morgan fingerprint density at radius 2 is 1.95 bits per heavy atom. The number of hydrogen-bond acceptors (Lipinski definition) is 4. The first-order valence-electron chi connectivity index (χ1n) is 7.49. The van der Waals surface area contributed by atoms with Crippen LogP contribution in [-0.2, 0) is 10.3 Å². The molecule has 6 heteroatoms. The molecule has 1 amide bonds. The molecule has 0 unspecified atom stereocenters. The minimum absolute atomic E-state index is 0.0297. The minimum atomic E-state index is -0.312. The fraction of sp³-hybridized carbons (Fsp3) is 0.667. The van der Waals surface area contributed by atoms with E-state index in [4.69, 9.17) is 0 Å². The SMILES string of the molecule is CC(C)(C)n1ccnc(NCC(=O)N2CCCCC2)c1=O. The van der Waals surface area contributed by atoms with E-state index < -0.39 is 0 Å². The molecule has 6 nitrogen and oxygen atoms in total. The van der Waals surface area contributed by atoms with Crippen molar-refractivity contribution in [2.75, 3.05) is 25.0 Å². The van der Waals surface area contributed by atoms with Crippen LogP contribution in [0.15, 0.2) is 17.2 Å². The Bertz CT molecular complexity index is 554. The van der Waals surface area contributed by atoms with Crippen LogP contribution in [0.1, 0.15) is 40.0 Å². The fourth-order valence-electron chi connectivity index (χ4n) is 2.48. The molecule has 0 bridgehead atoms. The lowest BCUT2D eigenvalue weighted by molar-refractivity contribution is -0.130. The van der Waals surface area contributed by atoms with Gasteiger partial charge in [0.05, 0.1) is 6.54 Å². The molecule has 0 atom stereocenters. The van der Waals surface area contributed by atoms with Gasteiger partial charge < -0.3 is 14.8 Å². The van der Waals surface area contributed by atoms with Crippen LogP contribution in [0, 0.1) is 0 Å². The van der Waals surface area contributed by atoms with Gasteiger partial charge in [-0.2, -0.15) is 0 Å². The van der Waals surface area contributed by atoms with Gasteiger partial charge in [0.1, 0.15) is 0 Å². The minimum Gasteiger partial charge on any atom is -0.356 e. The maximum Gasteiger partial charge on any atom is 0.293 e. The molecule has 0 spiro atoms. The Morgan fingerprint density at radius 3 is 2.57 bits per heavy atom. The van der Waals surface area contributed by atoms with Crippen molar-refractivity contribution in [2.45, 2.75) is 45.6 Å². The van der Waals surface area contributed by atoms with E-state index in [0.29, 0.717) is 0 Å². The molecule has 1 aromatic heterocycles. The Labute approximate surface area is 125 Å². The Hall–Kier alpha value is -1.85. The third-order valence-electron chi connectivity index (χ3n) is 3.68. The molecular formula is C15H24N4O2. The van der Waals surface area contributed by atoms with Crippen molar-refractivity contribution < 1.29 is 4.79 Å². The number of carbonyl (C=O) groups is 1. The molecule has 1 aromatic rings. The number of nitrogens with zero attached hydrogens (tertiary/aromatic N) is 3. The van der Waals surface area contributed by atoms with E-state index in [1.807, 2.05) is 25.7 Å². The summed E-state index contributed by atoms with van der Waals surface area (Å²) in [5, 5.41) is 2.89. The summed E-state index contributed by atoms with van der Waals surface area (Å²) in [7, 11) is 0. The summed E-state index contributed by atoms with van der Waals surface area (Å²) in [5.74, 6) is 0.264. The summed E-state index contributed by atoms with van der Waals surface area (Å²) in [6, 6.07) is 0. The van der Waals surface area contributed by atoms with Gasteiger partial charge in [-0.1, -0.05) is 0 Å². The molecule has 0 radical (unpaired) electrons. The third kappa shape index (κ3) is 3.83. The Kier molecular flexibility index (Phi) is 4.65. The third-order valence-corrected chi connectivity index (χ3v) is 3.68. The molecule has 1 N–H and O–H groups in total. The molecule has 1 fully saturated rings. The van der Waals surface area contributed by atoms with Gasteiger partial charge in [0.2, 0.25) is 5.91 Å². The van der Waals surface area contributed by atoms with Crippen molar-refractivity contribution in [3.63, 3.8) is 0 Å². The fourth-order valence-corrected chi connectivity index (χ4v) is 2.48. The van der Waals surface area contributed by atoms with E-state index in [0.717, 1.165) is 25.9 Å². The zero-order valence-electron chi connectivity index (χ0n) is 13.1. The number of likely N-dealkylation sites (tertiary alicyclic amines) is 1. The first-order chi connectivity index (χ1) is 9.89. The van der Waals surface area contributed by atoms with Crippen molar-refractivity contribution in [3.8, 4) is 0 Å². The molecule has 2 heterocycles. The van der Waals surface area contributed by atoms with E-state index in [2.05, 4.69) is 10.3 Å². The van der Waals surface area contributed by atoms with E-state index in [1.165, 1.54) is 6.42 Å². The van der Waals surface area contributed by atoms with Crippen LogP contribution in [-0.4, -0.2) is 40.0 Å². The summed E-state index contributed by atoms with van der Waals surface area (Å²) in [6.45, 7) is 7.62. The van der Waals surface area contributed by atoms with Crippen molar-refractivity contribution in [2.24, 2.45) is 0 Å².